The number of aliphatic hydroxyl groups excluding tert-OH is 1. The molecule has 1 aromatic carbocycles. The largest absolute Gasteiger partial charge is 0.388 e. The van der Waals surface area contributed by atoms with Gasteiger partial charge in [-0.3, -0.25) is 4.79 Å². The van der Waals surface area contributed by atoms with Gasteiger partial charge in [-0.05, 0) is 30.5 Å². The van der Waals surface area contributed by atoms with Crippen molar-refractivity contribution < 1.29 is 9.90 Å². The zero-order valence-corrected chi connectivity index (χ0v) is 10.8. The maximum atomic E-state index is 11.8. The Morgan fingerprint density at radius 3 is 2.71 bits per heavy atom. The first-order valence-electron chi connectivity index (χ1n) is 5.75. The molecular weight excluding hydrogens is 259 g/mol. The molecule has 1 fully saturated rings. The van der Waals surface area contributed by atoms with Crippen molar-refractivity contribution in [1.82, 2.24) is 0 Å². The minimum absolute atomic E-state index is 0.134. The van der Waals surface area contributed by atoms with Crippen LogP contribution < -0.4 is 0 Å². The second-order valence-electron chi connectivity index (χ2n) is 4.43. The summed E-state index contributed by atoms with van der Waals surface area (Å²) in [4.78, 5) is 11.8. The molecular formula is C13H14Cl2O2. The molecule has 17 heavy (non-hydrogen) atoms. The number of aliphatic hydroxyl groups is 1. The molecule has 92 valence electrons. The number of ketones is 1. The Kier molecular flexibility index (Phi) is 4.08. The fraction of sp³-hybridized carbons (Fsp3) is 0.462. The van der Waals surface area contributed by atoms with Gasteiger partial charge in [-0.25, -0.2) is 0 Å². The average molecular weight is 273 g/mol. The highest BCUT2D eigenvalue weighted by Crippen LogP contribution is 2.35. The number of Topliss-reactive ketones (excluding diaryl/α,β-unsaturated/α-hetero) is 1. The van der Waals surface area contributed by atoms with Crippen LogP contribution in [-0.4, -0.2) is 10.9 Å². The Morgan fingerprint density at radius 1 is 1.29 bits per heavy atom. The first-order valence-corrected chi connectivity index (χ1v) is 6.51. The molecule has 1 N–H and O–H groups in total. The summed E-state index contributed by atoms with van der Waals surface area (Å²) < 4.78 is 0. The second-order valence-corrected chi connectivity index (χ2v) is 5.27. The third kappa shape index (κ3) is 2.82. The zero-order valence-electron chi connectivity index (χ0n) is 9.33. The predicted molar refractivity (Wildman–Crippen MR) is 68.4 cm³/mol. The van der Waals surface area contributed by atoms with Crippen molar-refractivity contribution in [3.05, 3.63) is 33.8 Å². The highest BCUT2D eigenvalue weighted by atomic mass is 35.5. The summed E-state index contributed by atoms with van der Waals surface area (Å²) in [6.45, 7) is 0. The number of carbonyl (C=O) groups is 1. The first-order chi connectivity index (χ1) is 8.09. The van der Waals surface area contributed by atoms with E-state index in [4.69, 9.17) is 23.2 Å². The number of hydrogen-bond donors (Lipinski definition) is 1. The number of benzene rings is 1. The van der Waals surface area contributed by atoms with E-state index >= 15 is 0 Å². The molecule has 1 aromatic rings. The zero-order chi connectivity index (χ0) is 12.4. The Hall–Kier alpha value is -0.570. The molecule has 0 unspecified atom stereocenters. The molecule has 1 aliphatic rings. The lowest BCUT2D eigenvalue weighted by molar-refractivity contribution is -0.128. The van der Waals surface area contributed by atoms with Gasteiger partial charge in [0.2, 0.25) is 0 Å². The Balaban J connectivity index is 2.23. The van der Waals surface area contributed by atoms with Crippen LogP contribution in [0.5, 0.6) is 0 Å². The maximum Gasteiger partial charge on any atom is 0.138 e. The maximum absolute atomic E-state index is 11.8. The van der Waals surface area contributed by atoms with Crippen LogP contribution in [0.2, 0.25) is 10.0 Å². The third-order valence-corrected chi connectivity index (χ3v) is 3.83. The summed E-state index contributed by atoms with van der Waals surface area (Å²) >= 11 is 11.8. The standard InChI is InChI=1S/C13H14Cl2O2/c14-8-5-6-9(11(15)7-8)13(17)10-3-1-2-4-12(10)16/h5-7,10,13,17H,1-4H2/t10-,13+/m1/s1. The van der Waals surface area contributed by atoms with Gasteiger partial charge in [0.25, 0.3) is 0 Å². The van der Waals surface area contributed by atoms with E-state index < -0.39 is 6.10 Å². The van der Waals surface area contributed by atoms with Crippen molar-refractivity contribution in [2.24, 2.45) is 5.92 Å². The van der Waals surface area contributed by atoms with Crippen molar-refractivity contribution >= 4 is 29.0 Å². The minimum atomic E-state index is -0.812. The Bertz CT molecular complexity index is 431. The van der Waals surface area contributed by atoms with Gasteiger partial charge in [-0.15, -0.1) is 0 Å². The summed E-state index contributed by atoms with van der Waals surface area (Å²) in [5, 5.41) is 11.2. The van der Waals surface area contributed by atoms with Crippen LogP contribution in [0.15, 0.2) is 18.2 Å². The lowest BCUT2D eigenvalue weighted by Crippen LogP contribution is -2.25. The average Bonchev–Trinajstić information content (AvgIpc) is 2.29. The van der Waals surface area contributed by atoms with Gasteiger partial charge in [-0.1, -0.05) is 35.7 Å². The van der Waals surface area contributed by atoms with Crippen LogP contribution in [0.4, 0.5) is 0 Å². The monoisotopic (exact) mass is 272 g/mol. The van der Waals surface area contributed by atoms with Gasteiger partial charge in [-0.2, -0.15) is 0 Å². The van der Waals surface area contributed by atoms with Crippen molar-refractivity contribution in [2.75, 3.05) is 0 Å². The summed E-state index contributed by atoms with van der Waals surface area (Å²) in [6.07, 6.45) is 2.40. The van der Waals surface area contributed by atoms with E-state index in [1.165, 1.54) is 0 Å². The summed E-state index contributed by atoms with van der Waals surface area (Å²) in [5.41, 5.74) is 0.594. The van der Waals surface area contributed by atoms with Gasteiger partial charge in [0, 0.05) is 22.4 Å². The third-order valence-electron chi connectivity index (χ3n) is 3.26. The number of halogens is 2. The fourth-order valence-corrected chi connectivity index (χ4v) is 2.82. The summed E-state index contributed by atoms with van der Waals surface area (Å²) in [5.74, 6) is -0.183. The highest BCUT2D eigenvalue weighted by Gasteiger charge is 2.30. The summed E-state index contributed by atoms with van der Waals surface area (Å²) in [7, 11) is 0. The normalized spacial score (nSPS) is 22.5. The first kappa shape index (κ1) is 12.9. The number of hydrogen-bond acceptors (Lipinski definition) is 2. The molecule has 2 rings (SSSR count). The van der Waals surface area contributed by atoms with Crippen LogP contribution in [0.25, 0.3) is 0 Å². The molecule has 0 bridgehead atoms. The molecule has 0 saturated heterocycles. The van der Waals surface area contributed by atoms with Crippen molar-refractivity contribution in [2.45, 2.75) is 31.8 Å². The molecule has 2 nitrogen and oxygen atoms in total. The van der Waals surface area contributed by atoms with E-state index in [1.807, 2.05) is 0 Å². The van der Waals surface area contributed by atoms with Crippen molar-refractivity contribution in [3.8, 4) is 0 Å². The smallest absolute Gasteiger partial charge is 0.138 e. The number of rotatable bonds is 2. The van der Waals surface area contributed by atoms with Crippen molar-refractivity contribution in [1.29, 1.82) is 0 Å². The van der Waals surface area contributed by atoms with E-state index in [9.17, 15) is 9.90 Å². The highest BCUT2D eigenvalue weighted by molar-refractivity contribution is 6.35. The van der Waals surface area contributed by atoms with E-state index in [0.29, 0.717) is 22.0 Å². The molecule has 0 aromatic heterocycles. The molecule has 0 amide bonds. The number of carbonyl (C=O) groups excluding carboxylic acids is 1. The molecule has 0 spiro atoms. The van der Waals surface area contributed by atoms with Gasteiger partial charge < -0.3 is 5.11 Å². The quantitative estimate of drug-likeness (QED) is 0.890. The van der Waals surface area contributed by atoms with E-state index in [2.05, 4.69) is 0 Å². The molecule has 4 heteroatoms. The minimum Gasteiger partial charge on any atom is -0.388 e. The molecule has 1 aliphatic carbocycles. The van der Waals surface area contributed by atoms with Crippen LogP contribution in [-0.2, 0) is 4.79 Å². The fourth-order valence-electron chi connectivity index (χ4n) is 2.30. The molecule has 0 radical (unpaired) electrons. The lowest BCUT2D eigenvalue weighted by Gasteiger charge is -2.26. The topological polar surface area (TPSA) is 37.3 Å². The SMILES string of the molecule is O=C1CCCC[C@H]1[C@@H](O)c1ccc(Cl)cc1Cl. The predicted octanol–water partition coefficient (Wildman–Crippen LogP) is 3.79. The van der Waals surface area contributed by atoms with Crippen LogP contribution in [0, 0.1) is 5.92 Å². The Labute approximate surface area is 111 Å². The van der Waals surface area contributed by atoms with Crippen LogP contribution in [0.3, 0.4) is 0 Å². The van der Waals surface area contributed by atoms with Gasteiger partial charge in [0.15, 0.2) is 0 Å². The van der Waals surface area contributed by atoms with Crippen LogP contribution in [0.1, 0.15) is 37.4 Å². The van der Waals surface area contributed by atoms with Crippen molar-refractivity contribution in [3.63, 3.8) is 0 Å². The molecule has 2 atom stereocenters. The van der Waals surface area contributed by atoms with E-state index in [-0.39, 0.29) is 11.7 Å². The van der Waals surface area contributed by atoms with Gasteiger partial charge in [0.1, 0.15) is 5.78 Å². The second kappa shape index (κ2) is 5.38. The lowest BCUT2D eigenvalue weighted by atomic mass is 9.82. The van der Waals surface area contributed by atoms with E-state index in [1.54, 1.807) is 18.2 Å². The van der Waals surface area contributed by atoms with Gasteiger partial charge in [0.05, 0.1) is 6.10 Å². The Morgan fingerprint density at radius 2 is 2.06 bits per heavy atom. The molecule has 0 aliphatic heterocycles. The summed E-state index contributed by atoms with van der Waals surface area (Å²) in [6, 6.07) is 4.96. The van der Waals surface area contributed by atoms with E-state index in [0.717, 1.165) is 19.3 Å². The molecule has 1 saturated carbocycles. The van der Waals surface area contributed by atoms with Gasteiger partial charge >= 0.3 is 0 Å². The van der Waals surface area contributed by atoms with Crippen LogP contribution >= 0.6 is 23.2 Å². The molecule has 0 heterocycles.